The van der Waals surface area contributed by atoms with E-state index in [4.69, 9.17) is 36.8 Å². The van der Waals surface area contributed by atoms with E-state index < -0.39 is 24.2 Å². The molecule has 9 heterocycles. The van der Waals surface area contributed by atoms with Crippen LogP contribution < -0.4 is 20.3 Å². The molecule has 8 aromatic heterocycles. The van der Waals surface area contributed by atoms with Crippen LogP contribution in [0.25, 0.3) is 169 Å². The van der Waals surface area contributed by atoms with Gasteiger partial charge in [0.2, 0.25) is 17.7 Å². The second-order valence-corrected chi connectivity index (χ2v) is 53.3. The smallest absolute Gasteiger partial charge is 0.237 e. The van der Waals surface area contributed by atoms with Crippen molar-refractivity contribution >= 4 is 83.7 Å². The Bertz CT molecular complexity index is 7720. The fourth-order valence-electron chi connectivity index (χ4n) is 17.0. The predicted octanol–water partition coefficient (Wildman–Crippen LogP) is 28.9. The van der Waals surface area contributed by atoms with Gasteiger partial charge in [0.15, 0.2) is 17.7 Å². The van der Waals surface area contributed by atoms with Crippen LogP contribution in [0.5, 0.6) is 5.75 Å². The molecule has 1 aliphatic heterocycles. The summed E-state index contributed by atoms with van der Waals surface area (Å²) in [5.41, 5.74) is 24.5. The number of nitrogens with zero attached hydrogens (tertiary/aromatic N) is 9. The summed E-state index contributed by atoms with van der Waals surface area (Å²) in [4.78, 5) is 14.1. The van der Waals surface area contributed by atoms with Crippen LogP contribution in [-0.2, 0) is 65.7 Å². The van der Waals surface area contributed by atoms with Crippen molar-refractivity contribution in [1.82, 2.24) is 45.5 Å². The number of benzene rings is 13. The largest absolute Gasteiger partial charge is 0.505 e. The molecule has 2 atom stereocenters. The van der Waals surface area contributed by atoms with Crippen molar-refractivity contribution < 1.29 is 87.1 Å². The van der Waals surface area contributed by atoms with Gasteiger partial charge in [0, 0.05) is 107 Å². The summed E-state index contributed by atoms with van der Waals surface area (Å²) in [5, 5.41) is 33.3. The van der Waals surface area contributed by atoms with Crippen molar-refractivity contribution in [2.45, 2.75) is 111 Å². The van der Waals surface area contributed by atoms with E-state index in [0.29, 0.717) is 35.3 Å². The Labute approximate surface area is 867 Å². The predicted molar refractivity (Wildman–Crippen MR) is 566 cm³/mol. The van der Waals surface area contributed by atoms with Crippen LogP contribution in [0.2, 0.25) is 58.9 Å². The molecule has 141 heavy (non-hydrogen) atoms. The first kappa shape index (κ1) is 102. The molecule has 2 unspecified atom stereocenters. The SMILES string of the molecule is CC(C)(C)c1cc(-c2[c-]ccc(-c3ccccc3)c2)ncc1[Si](C)(C)C.Cc1cc(-c2[c-]ccc(-c3ccccc3)c2)ncc1[Si](C)(C)C.Cc1cc(-c2[c-]cccc2)ncc1[Si](C)(C)C.[Ir].[Ir].[Ir].[c-]1cc2c(cc1-c1nnc(-c3ccccc3)o1)OC1C=CC=CC21.[c-]1cc2c(cc1-c1nnc(-c3ccccc3)o1)oc1ccccc12.[c-]1cc2c(cc1-c1nnc(-c3ccccc3)o1)oc1ccccc12. The van der Waals surface area contributed by atoms with Crippen molar-refractivity contribution in [3.8, 4) is 131 Å². The molecule has 13 aromatic carbocycles. The van der Waals surface area contributed by atoms with Gasteiger partial charge < -0.3 is 41.8 Å². The van der Waals surface area contributed by atoms with Gasteiger partial charge >= 0.3 is 0 Å². The average molecular weight is 2430 g/mol. The van der Waals surface area contributed by atoms with Gasteiger partial charge in [-0.05, 0) is 134 Å². The van der Waals surface area contributed by atoms with Crippen LogP contribution in [0.4, 0.5) is 0 Å². The maximum Gasteiger partial charge on any atom is 0.237 e. The number of allylic oxidation sites excluding steroid dienone is 2. The first-order chi connectivity index (χ1) is 66.7. The van der Waals surface area contributed by atoms with E-state index in [1.165, 1.54) is 54.5 Å². The molecule has 21 aromatic rings. The zero-order valence-electron chi connectivity index (χ0n) is 80.7. The van der Waals surface area contributed by atoms with Crippen molar-refractivity contribution in [3.05, 3.63) is 417 Å². The zero-order chi connectivity index (χ0) is 95.7. The third-order valence-electron chi connectivity index (χ3n) is 24.0. The molecule has 3 radical (unpaired) electrons. The summed E-state index contributed by atoms with van der Waals surface area (Å²) in [7, 11) is -4.06. The third kappa shape index (κ3) is 24.1. The minimum absolute atomic E-state index is 0. The Kier molecular flexibility index (Phi) is 32.3. The van der Waals surface area contributed by atoms with E-state index in [2.05, 4.69) is 299 Å². The zero-order valence-corrected chi connectivity index (χ0v) is 90.9. The van der Waals surface area contributed by atoms with E-state index in [9.17, 15) is 0 Å². The van der Waals surface area contributed by atoms with E-state index in [0.717, 1.165) is 122 Å². The van der Waals surface area contributed by atoms with Gasteiger partial charge in [-0.25, -0.2) is 0 Å². The Hall–Kier alpha value is -13.8. The van der Waals surface area contributed by atoms with Crippen LogP contribution >= 0.6 is 0 Å². The van der Waals surface area contributed by atoms with Gasteiger partial charge in [0.25, 0.3) is 0 Å². The molecule has 21 heteroatoms. The van der Waals surface area contributed by atoms with Crippen LogP contribution in [0.1, 0.15) is 48.9 Å². The summed E-state index contributed by atoms with van der Waals surface area (Å²) in [6.45, 7) is 32.6. The molecule has 0 amide bonds. The van der Waals surface area contributed by atoms with Gasteiger partial charge in [-0.2, -0.15) is 15.3 Å². The van der Waals surface area contributed by atoms with Crippen molar-refractivity contribution in [1.29, 1.82) is 0 Å². The summed E-state index contributed by atoms with van der Waals surface area (Å²) in [6.07, 6.45) is 14.6. The number of aryl methyl sites for hydroxylation is 2. The van der Waals surface area contributed by atoms with E-state index >= 15 is 0 Å². The first-order valence-corrected chi connectivity index (χ1v) is 56.7. The van der Waals surface area contributed by atoms with E-state index in [-0.39, 0.29) is 77.8 Å². The molecular formula is C120H103Ir3N9O6Si3-6. The van der Waals surface area contributed by atoms with Crippen LogP contribution in [0, 0.1) is 50.2 Å². The molecule has 1 aliphatic carbocycles. The molecule has 0 fully saturated rings. The quantitative estimate of drug-likeness (QED) is 0.0737. The van der Waals surface area contributed by atoms with E-state index in [1.807, 2.05) is 224 Å². The number of hydrogen-bond acceptors (Lipinski definition) is 15. The standard InChI is InChI=1S/C24H28NSi.C21H22NSi.C20H13N2O2.2C20H11N2O2.C15H18NSi.3Ir/c1-24(2,3)21-16-22(25-17-23(21)26(4,5)6)20-14-10-13-19(15-20)18-11-8-7-9-12-18;1-16-13-20(22-15-21(16)23(2,3)4)19-12-8-11-18(14-19)17-9-6-5-7-10-17;3*1-2-6-13(7-3-1)19-21-22-20(24-19)14-10-11-16-15-8-4-5-9-17(15)23-18(16)12-14;1-12-10-14(13-8-6-5-7-9-13)16-11-15(12)17(2,3)4;;;/h7-13,15-17H,1-6H3;5-11,13-15H,1-4H3;1-9,11-12,15,17H;2*1-9,11-12H;5-8,10-11H,1-4H3;;;/q6*-1;;;. The molecule has 0 saturated carbocycles. The molecule has 709 valence electrons. The number of rotatable bonds is 14. The van der Waals surface area contributed by atoms with Crippen molar-refractivity contribution in [3.63, 3.8) is 0 Å². The number of para-hydroxylation sites is 2. The molecule has 0 bridgehead atoms. The fourth-order valence-corrected chi connectivity index (χ4v) is 22.1. The molecule has 23 rings (SSSR count). The maximum atomic E-state index is 6.02. The number of hydrogen-bond donors (Lipinski definition) is 0. The second kappa shape index (κ2) is 44.8. The molecule has 0 spiro atoms. The van der Waals surface area contributed by atoms with Gasteiger partial charge in [-0.3, -0.25) is 0 Å². The Balaban J connectivity index is 0.000000128. The van der Waals surface area contributed by atoms with Gasteiger partial charge in [-0.1, -0.05) is 330 Å². The summed E-state index contributed by atoms with van der Waals surface area (Å²) < 4.78 is 35.2. The van der Waals surface area contributed by atoms with Gasteiger partial charge in [0.05, 0.1) is 35.4 Å². The Morgan fingerprint density at radius 1 is 0.291 bits per heavy atom. The number of pyridine rings is 3. The molecule has 15 nitrogen and oxygen atoms in total. The minimum atomic E-state index is -1.45. The van der Waals surface area contributed by atoms with Gasteiger partial charge in [-0.15, -0.1) is 158 Å². The van der Waals surface area contributed by atoms with Crippen LogP contribution in [0.15, 0.2) is 380 Å². The van der Waals surface area contributed by atoms with E-state index in [1.54, 1.807) is 0 Å². The number of fused-ring (bicyclic) bond motifs is 9. The van der Waals surface area contributed by atoms with Crippen molar-refractivity contribution in [2.24, 2.45) is 0 Å². The fraction of sp³-hybridized carbons (Fsp3) is 0.142. The first-order valence-electron chi connectivity index (χ1n) is 46.2. The summed E-state index contributed by atoms with van der Waals surface area (Å²) >= 11 is 0. The summed E-state index contributed by atoms with van der Waals surface area (Å²) in [5.74, 6) is 3.90. The maximum absolute atomic E-state index is 6.02. The molecule has 0 N–H and O–H groups in total. The Morgan fingerprint density at radius 3 is 1.06 bits per heavy atom. The normalized spacial score (nSPS) is 12.9. The molecular weight excluding hydrogens is 2320 g/mol. The topological polar surface area (TPSA) is 191 Å². The minimum Gasteiger partial charge on any atom is -0.505 e. The number of furan rings is 2. The number of ether oxygens (including phenoxy) is 1. The monoisotopic (exact) mass is 2430 g/mol. The third-order valence-corrected chi connectivity index (χ3v) is 30.3. The van der Waals surface area contributed by atoms with Crippen molar-refractivity contribution in [2.75, 3.05) is 0 Å². The molecule has 0 saturated heterocycles. The molecule has 2 aliphatic rings. The summed E-state index contributed by atoms with van der Waals surface area (Å²) in [6, 6.07) is 124. The average Bonchev–Trinajstić information content (AvgIpc) is 0.960. The number of aromatic nitrogens is 9. The van der Waals surface area contributed by atoms with Crippen LogP contribution in [0.3, 0.4) is 0 Å². The Morgan fingerprint density at radius 2 is 0.652 bits per heavy atom. The second-order valence-electron chi connectivity index (χ2n) is 38.2. The van der Waals surface area contributed by atoms with Crippen LogP contribution in [-0.4, -0.2) is 75.9 Å². The van der Waals surface area contributed by atoms with Gasteiger partial charge in [0.1, 0.15) is 17.3 Å².